The maximum atomic E-state index is 13.7. The molecule has 2 aromatic carbocycles. The predicted molar refractivity (Wildman–Crippen MR) is 121 cm³/mol. The number of anilines is 1. The molecule has 3 heterocycles. The van der Waals surface area contributed by atoms with Crippen molar-refractivity contribution in [3.05, 3.63) is 63.6 Å². The molecule has 0 aromatic heterocycles. The lowest BCUT2D eigenvalue weighted by molar-refractivity contribution is -0.143. The maximum Gasteiger partial charge on any atom is 0.250 e. The maximum absolute atomic E-state index is 13.7. The van der Waals surface area contributed by atoms with Crippen molar-refractivity contribution >= 4 is 52.5 Å². The number of carbonyl (C=O) groups excluding carboxylic acids is 4. The molecule has 4 amide bonds. The van der Waals surface area contributed by atoms with Gasteiger partial charge in [0.25, 0.3) is 0 Å². The molecule has 0 bridgehead atoms. The first-order chi connectivity index (χ1) is 15.7. The third kappa shape index (κ3) is 3.24. The fraction of sp³-hybridized carbons (Fsp3) is 0.304. The van der Waals surface area contributed by atoms with E-state index in [2.05, 4.69) is 10.6 Å². The van der Waals surface area contributed by atoms with E-state index in [0.717, 1.165) is 4.90 Å². The molecule has 170 valence electrons. The van der Waals surface area contributed by atoms with Crippen molar-refractivity contribution in [2.45, 2.75) is 31.0 Å². The standard InChI is InChI=1S/C23H20Cl2N4O4/c24-12-5-6-15-13(9-12)23(22(33)27-15)19-18(16(28-23)7-8-17(26)30)20(31)29(21(19)32)10-11-3-1-2-4-14(11)25/h1-6,9,16,18-19,28H,7-8,10H2,(H2,26,30)(H,27,33)/t16-,18-,19+,23+/m1/s1. The fourth-order valence-corrected chi connectivity index (χ4v) is 5.70. The highest BCUT2D eigenvalue weighted by molar-refractivity contribution is 6.31. The van der Waals surface area contributed by atoms with Crippen LogP contribution in [0.3, 0.4) is 0 Å². The second-order valence-electron chi connectivity index (χ2n) is 8.57. The smallest absolute Gasteiger partial charge is 0.250 e. The van der Waals surface area contributed by atoms with Crippen LogP contribution in [0.2, 0.25) is 10.0 Å². The number of nitrogens with zero attached hydrogens (tertiary/aromatic N) is 1. The van der Waals surface area contributed by atoms with E-state index in [1.807, 2.05) is 0 Å². The molecule has 3 aliphatic rings. The van der Waals surface area contributed by atoms with Gasteiger partial charge in [-0.05, 0) is 36.2 Å². The van der Waals surface area contributed by atoms with E-state index >= 15 is 0 Å². The van der Waals surface area contributed by atoms with Gasteiger partial charge in [0.15, 0.2) is 0 Å². The number of primary amides is 1. The summed E-state index contributed by atoms with van der Waals surface area (Å²) in [5.74, 6) is -3.68. The van der Waals surface area contributed by atoms with Gasteiger partial charge in [-0.1, -0.05) is 41.4 Å². The van der Waals surface area contributed by atoms with Gasteiger partial charge in [-0.15, -0.1) is 0 Å². The molecule has 33 heavy (non-hydrogen) atoms. The average molecular weight is 487 g/mol. The molecule has 0 saturated carbocycles. The fourth-order valence-electron chi connectivity index (χ4n) is 5.33. The molecule has 8 nitrogen and oxygen atoms in total. The van der Waals surface area contributed by atoms with Gasteiger partial charge in [0.1, 0.15) is 5.54 Å². The summed E-state index contributed by atoms with van der Waals surface area (Å²) in [6.45, 7) is -0.00696. The molecule has 2 saturated heterocycles. The van der Waals surface area contributed by atoms with Crippen molar-refractivity contribution in [1.29, 1.82) is 0 Å². The summed E-state index contributed by atoms with van der Waals surface area (Å²) in [5, 5.41) is 6.88. The highest BCUT2D eigenvalue weighted by Crippen LogP contribution is 2.54. The van der Waals surface area contributed by atoms with Crippen LogP contribution in [0.5, 0.6) is 0 Å². The van der Waals surface area contributed by atoms with Crippen LogP contribution in [-0.2, 0) is 31.3 Å². The van der Waals surface area contributed by atoms with Crippen molar-refractivity contribution in [3.8, 4) is 0 Å². The lowest BCUT2D eigenvalue weighted by atomic mass is 9.76. The molecule has 4 atom stereocenters. The number of carbonyl (C=O) groups is 4. The van der Waals surface area contributed by atoms with Crippen LogP contribution >= 0.6 is 23.2 Å². The predicted octanol–water partition coefficient (Wildman–Crippen LogP) is 2.18. The van der Waals surface area contributed by atoms with E-state index in [4.69, 9.17) is 28.9 Å². The van der Waals surface area contributed by atoms with E-state index < -0.39 is 47.0 Å². The topological polar surface area (TPSA) is 122 Å². The van der Waals surface area contributed by atoms with Crippen LogP contribution in [0, 0.1) is 11.8 Å². The number of nitrogens with one attached hydrogen (secondary N) is 2. The monoisotopic (exact) mass is 486 g/mol. The van der Waals surface area contributed by atoms with E-state index in [-0.39, 0.29) is 19.4 Å². The zero-order valence-electron chi connectivity index (χ0n) is 17.3. The number of nitrogens with two attached hydrogens (primary N) is 1. The summed E-state index contributed by atoms with van der Waals surface area (Å²) in [4.78, 5) is 53.2. The summed E-state index contributed by atoms with van der Waals surface area (Å²) in [7, 11) is 0. The van der Waals surface area contributed by atoms with Gasteiger partial charge in [-0.3, -0.25) is 29.4 Å². The van der Waals surface area contributed by atoms with Gasteiger partial charge in [-0.2, -0.15) is 0 Å². The molecule has 0 aliphatic carbocycles. The Morgan fingerprint density at radius 2 is 1.85 bits per heavy atom. The normalized spacial score (nSPS) is 27.8. The molecular weight excluding hydrogens is 467 g/mol. The third-order valence-electron chi connectivity index (χ3n) is 6.76. The number of hydrogen-bond acceptors (Lipinski definition) is 5. The summed E-state index contributed by atoms with van der Waals surface area (Å²) < 4.78 is 0. The van der Waals surface area contributed by atoms with Crippen molar-refractivity contribution in [2.75, 3.05) is 5.32 Å². The zero-order chi connectivity index (χ0) is 23.5. The minimum Gasteiger partial charge on any atom is -0.370 e. The Bertz CT molecular complexity index is 1220. The number of rotatable bonds is 5. The van der Waals surface area contributed by atoms with Gasteiger partial charge in [-0.25, -0.2) is 0 Å². The van der Waals surface area contributed by atoms with Gasteiger partial charge < -0.3 is 11.1 Å². The highest BCUT2D eigenvalue weighted by Gasteiger charge is 2.70. The minimum absolute atomic E-state index is 0.00692. The first-order valence-corrected chi connectivity index (χ1v) is 11.3. The van der Waals surface area contributed by atoms with Crippen LogP contribution in [0.1, 0.15) is 24.0 Å². The Morgan fingerprint density at radius 1 is 1.09 bits per heavy atom. The van der Waals surface area contributed by atoms with Gasteiger partial charge in [0.2, 0.25) is 23.6 Å². The Hall–Kier alpha value is -2.94. The molecule has 2 aromatic rings. The number of fused-ring (bicyclic) bond motifs is 4. The molecular formula is C23H20Cl2N4O4. The van der Waals surface area contributed by atoms with Crippen molar-refractivity contribution < 1.29 is 19.2 Å². The van der Waals surface area contributed by atoms with Crippen LogP contribution in [0.15, 0.2) is 42.5 Å². The van der Waals surface area contributed by atoms with Gasteiger partial charge in [0, 0.05) is 33.8 Å². The van der Waals surface area contributed by atoms with Crippen LogP contribution in [0.4, 0.5) is 5.69 Å². The van der Waals surface area contributed by atoms with E-state index in [1.54, 1.807) is 42.5 Å². The quantitative estimate of drug-likeness (QED) is 0.559. The molecule has 2 fully saturated rings. The lowest BCUT2D eigenvalue weighted by Gasteiger charge is -2.29. The Morgan fingerprint density at radius 3 is 2.58 bits per heavy atom. The molecule has 3 aliphatic heterocycles. The number of benzene rings is 2. The zero-order valence-corrected chi connectivity index (χ0v) is 18.8. The molecule has 0 radical (unpaired) electrons. The van der Waals surface area contributed by atoms with E-state index in [9.17, 15) is 19.2 Å². The SMILES string of the molecule is NC(=O)CC[C@H]1N[C@]2(C(=O)Nc3ccc(Cl)cc32)[C@@H]2C(=O)N(Cc3ccccc3Cl)C(=O)[C@@H]21. The summed E-state index contributed by atoms with van der Waals surface area (Å²) in [6.07, 6.45) is 0.216. The first kappa shape index (κ1) is 21.9. The number of halogens is 2. The summed E-state index contributed by atoms with van der Waals surface area (Å²) in [6, 6.07) is 11.3. The average Bonchev–Trinajstić information content (AvgIpc) is 3.34. The first-order valence-electron chi connectivity index (χ1n) is 10.5. The van der Waals surface area contributed by atoms with Gasteiger partial charge >= 0.3 is 0 Å². The van der Waals surface area contributed by atoms with Crippen LogP contribution in [0.25, 0.3) is 0 Å². The summed E-state index contributed by atoms with van der Waals surface area (Å²) in [5.41, 5.74) is 5.52. The van der Waals surface area contributed by atoms with Crippen LogP contribution < -0.4 is 16.4 Å². The van der Waals surface area contributed by atoms with Crippen molar-refractivity contribution in [2.24, 2.45) is 17.6 Å². The van der Waals surface area contributed by atoms with Crippen molar-refractivity contribution in [1.82, 2.24) is 10.2 Å². The Labute approximate surface area is 199 Å². The molecule has 10 heteroatoms. The number of imide groups is 1. The summed E-state index contributed by atoms with van der Waals surface area (Å²) >= 11 is 12.5. The molecule has 0 unspecified atom stereocenters. The Kier molecular flexibility index (Phi) is 5.19. The molecule has 1 spiro atoms. The minimum atomic E-state index is -1.48. The van der Waals surface area contributed by atoms with Crippen molar-refractivity contribution in [3.63, 3.8) is 0 Å². The largest absolute Gasteiger partial charge is 0.370 e. The second kappa shape index (κ2) is 7.83. The highest BCUT2D eigenvalue weighted by atomic mass is 35.5. The second-order valence-corrected chi connectivity index (χ2v) is 9.41. The van der Waals surface area contributed by atoms with Gasteiger partial charge in [0.05, 0.1) is 18.4 Å². The molecule has 4 N–H and O–H groups in total. The number of hydrogen-bond donors (Lipinski definition) is 3. The molecule has 5 rings (SSSR count). The number of amides is 4. The van der Waals surface area contributed by atoms with Crippen LogP contribution in [-0.4, -0.2) is 34.6 Å². The van der Waals surface area contributed by atoms with E-state index in [0.29, 0.717) is 26.9 Å². The Balaban J connectivity index is 1.60. The van der Waals surface area contributed by atoms with E-state index in [1.165, 1.54) is 0 Å². The lowest BCUT2D eigenvalue weighted by Crippen LogP contribution is -2.53. The third-order valence-corrected chi connectivity index (χ3v) is 7.36. The number of likely N-dealkylation sites (tertiary alicyclic amines) is 1.